The average Bonchev–Trinajstić information content (AvgIpc) is 2.50. The van der Waals surface area contributed by atoms with E-state index in [1.54, 1.807) is 18.2 Å². The van der Waals surface area contributed by atoms with Crippen molar-refractivity contribution in [2.45, 2.75) is 6.92 Å². The molecule has 3 rings (SSSR count). The fraction of sp³-hybridized carbons (Fsp3) is 0.0526. The Balaban J connectivity index is 0.00000192. The van der Waals surface area contributed by atoms with Crippen LogP contribution in [-0.4, -0.2) is 29.6 Å². The maximum atomic E-state index is 14.1. The zero-order chi connectivity index (χ0) is 15.5. The Kier molecular flexibility index (Phi) is 5.94. The van der Waals surface area contributed by atoms with Gasteiger partial charge in [0.25, 0.3) is 0 Å². The third-order valence-corrected chi connectivity index (χ3v) is 3.33. The van der Waals surface area contributed by atoms with E-state index in [-0.39, 0.29) is 29.6 Å². The number of aryl methyl sites for hydroxylation is 1. The Morgan fingerprint density at radius 1 is 0.957 bits per heavy atom. The number of halogens is 2. The zero-order valence-electron chi connectivity index (χ0n) is 11.9. The van der Waals surface area contributed by atoms with Gasteiger partial charge in [-0.15, -0.1) is 0 Å². The Hall–Kier alpha value is -1.68. The van der Waals surface area contributed by atoms with Gasteiger partial charge in [0.05, 0.1) is 0 Å². The molecular weight excluding hydrogens is 305 g/mol. The summed E-state index contributed by atoms with van der Waals surface area (Å²) in [4.78, 5) is 0. The van der Waals surface area contributed by atoms with Gasteiger partial charge in [0.1, 0.15) is 23.1 Å². The first kappa shape index (κ1) is 17.7. The van der Waals surface area contributed by atoms with E-state index in [1.165, 1.54) is 12.1 Å². The molecule has 1 radical (unpaired) electrons. The predicted molar refractivity (Wildman–Crippen MR) is 89.0 cm³/mol. The molecular formula is C19H14F2NaO. The summed E-state index contributed by atoms with van der Waals surface area (Å²) in [7, 11) is 0. The van der Waals surface area contributed by atoms with Gasteiger partial charge in [0.2, 0.25) is 0 Å². The van der Waals surface area contributed by atoms with Crippen LogP contribution in [0.1, 0.15) is 5.56 Å². The van der Waals surface area contributed by atoms with Crippen LogP contribution in [0.3, 0.4) is 0 Å². The first-order chi connectivity index (χ1) is 10.6. The van der Waals surface area contributed by atoms with Gasteiger partial charge in [-0.2, -0.15) is 0 Å². The minimum atomic E-state index is -0.624. The number of hydrogen-bond acceptors (Lipinski definition) is 1. The van der Waals surface area contributed by atoms with Crippen molar-refractivity contribution in [1.82, 2.24) is 0 Å². The Labute approximate surface area is 156 Å². The van der Waals surface area contributed by atoms with E-state index in [4.69, 9.17) is 4.74 Å². The quantitative estimate of drug-likeness (QED) is 0.625. The second-order valence-corrected chi connectivity index (χ2v) is 4.90. The molecule has 4 heteroatoms. The van der Waals surface area contributed by atoms with E-state index < -0.39 is 11.6 Å². The van der Waals surface area contributed by atoms with E-state index in [9.17, 15) is 8.78 Å². The molecule has 0 heterocycles. The first-order valence-electron chi connectivity index (χ1n) is 6.85. The number of hydrogen-bond donors (Lipinski definition) is 0. The molecule has 3 aromatic rings. The molecule has 0 aromatic heterocycles. The second-order valence-electron chi connectivity index (χ2n) is 4.90. The Bertz CT molecular complexity index is 804. The van der Waals surface area contributed by atoms with Crippen molar-refractivity contribution in [3.05, 3.63) is 83.9 Å². The molecule has 0 fully saturated rings. The summed E-state index contributed by atoms with van der Waals surface area (Å²) in [5.41, 5.74) is 1.70. The summed E-state index contributed by atoms with van der Waals surface area (Å²) in [5, 5.41) is 0. The number of rotatable bonds is 3. The predicted octanol–water partition coefficient (Wildman–Crippen LogP) is 4.88. The molecule has 1 nitrogen and oxygen atoms in total. The molecule has 0 bridgehead atoms. The maximum absolute atomic E-state index is 14.1. The third kappa shape index (κ3) is 3.99. The topological polar surface area (TPSA) is 9.23 Å². The van der Waals surface area contributed by atoms with Crippen LogP contribution >= 0.6 is 0 Å². The monoisotopic (exact) mass is 319 g/mol. The molecule has 0 N–H and O–H groups in total. The summed E-state index contributed by atoms with van der Waals surface area (Å²) in [5.74, 6) is -0.185. The molecule has 111 valence electrons. The fourth-order valence-electron chi connectivity index (χ4n) is 2.29. The third-order valence-electron chi connectivity index (χ3n) is 3.33. The fourth-order valence-corrected chi connectivity index (χ4v) is 2.29. The molecule has 0 atom stereocenters. The van der Waals surface area contributed by atoms with Crippen molar-refractivity contribution in [1.29, 1.82) is 0 Å². The molecule has 0 aliphatic rings. The van der Waals surface area contributed by atoms with Gasteiger partial charge in [-0.25, -0.2) is 8.78 Å². The van der Waals surface area contributed by atoms with Crippen molar-refractivity contribution in [3.63, 3.8) is 0 Å². The molecule has 0 saturated carbocycles. The van der Waals surface area contributed by atoms with E-state index >= 15 is 0 Å². The SMILES string of the molecule is Cc1cc[c]c(Oc2ccccc2)c1-c1ccc(F)cc1F.[NaH]. The van der Waals surface area contributed by atoms with E-state index in [1.807, 2.05) is 31.2 Å². The van der Waals surface area contributed by atoms with Crippen LogP contribution in [0.4, 0.5) is 8.78 Å². The van der Waals surface area contributed by atoms with Gasteiger partial charge >= 0.3 is 29.6 Å². The van der Waals surface area contributed by atoms with Crippen LogP contribution in [0.5, 0.6) is 11.5 Å². The Morgan fingerprint density at radius 3 is 2.39 bits per heavy atom. The van der Waals surface area contributed by atoms with Crippen molar-refractivity contribution in [2.75, 3.05) is 0 Å². The van der Waals surface area contributed by atoms with Gasteiger partial charge < -0.3 is 4.74 Å². The Morgan fingerprint density at radius 2 is 1.70 bits per heavy atom. The molecule has 3 aromatic carbocycles. The molecule has 23 heavy (non-hydrogen) atoms. The van der Waals surface area contributed by atoms with E-state index in [0.717, 1.165) is 11.6 Å². The van der Waals surface area contributed by atoms with E-state index in [0.29, 0.717) is 22.6 Å². The van der Waals surface area contributed by atoms with Crippen LogP contribution in [-0.2, 0) is 0 Å². The number of benzene rings is 3. The van der Waals surface area contributed by atoms with Gasteiger partial charge in [-0.3, -0.25) is 0 Å². The average molecular weight is 319 g/mol. The molecule has 0 spiro atoms. The van der Waals surface area contributed by atoms with Crippen LogP contribution < -0.4 is 4.74 Å². The minimum absolute atomic E-state index is 0. The van der Waals surface area contributed by atoms with Gasteiger partial charge in [-0.1, -0.05) is 30.3 Å². The van der Waals surface area contributed by atoms with E-state index in [2.05, 4.69) is 6.07 Å². The molecule has 0 aliphatic carbocycles. The van der Waals surface area contributed by atoms with Crippen LogP contribution in [0.2, 0.25) is 0 Å². The summed E-state index contributed by atoms with van der Waals surface area (Å²) >= 11 is 0. The van der Waals surface area contributed by atoms with Gasteiger partial charge in [0.15, 0.2) is 0 Å². The summed E-state index contributed by atoms with van der Waals surface area (Å²) < 4.78 is 33.1. The standard InChI is InChI=1S/C19H13F2O.Na.H/c1-13-6-5-9-18(22-15-7-3-2-4-8-15)19(13)16-11-10-14(20)12-17(16)21;;/h2-8,10-12H,1H3;;. The normalized spacial score (nSPS) is 10.0. The molecule has 0 saturated heterocycles. The first-order valence-corrected chi connectivity index (χ1v) is 6.85. The van der Waals surface area contributed by atoms with Crippen LogP contribution in [0.15, 0.2) is 60.7 Å². The zero-order valence-corrected chi connectivity index (χ0v) is 11.9. The van der Waals surface area contributed by atoms with Crippen LogP contribution in [0, 0.1) is 24.6 Å². The second kappa shape index (κ2) is 7.73. The van der Waals surface area contributed by atoms with Crippen molar-refractivity contribution >= 4 is 29.6 Å². The van der Waals surface area contributed by atoms with Crippen molar-refractivity contribution < 1.29 is 13.5 Å². The van der Waals surface area contributed by atoms with Crippen molar-refractivity contribution in [3.8, 4) is 22.6 Å². The number of ether oxygens (including phenoxy) is 1. The molecule has 0 unspecified atom stereocenters. The van der Waals surface area contributed by atoms with Crippen LogP contribution in [0.25, 0.3) is 11.1 Å². The number of para-hydroxylation sites is 1. The van der Waals surface area contributed by atoms with Crippen molar-refractivity contribution in [2.24, 2.45) is 0 Å². The molecule has 0 aliphatic heterocycles. The molecule has 0 amide bonds. The summed E-state index contributed by atoms with van der Waals surface area (Å²) in [6.45, 7) is 1.85. The summed E-state index contributed by atoms with van der Waals surface area (Å²) in [6.07, 6.45) is 0. The van der Waals surface area contributed by atoms with Gasteiger partial charge in [0, 0.05) is 23.3 Å². The van der Waals surface area contributed by atoms with Gasteiger partial charge in [-0.05, 0) is 36.8 Å². The summed E-state index contributed by atoms with van der Waals surface area (Å²) in [6, 6.07) is 19.2.